The quantitative estimate of drug-likeness (QED) is 0.525. The van der Waals surface area contributed by atoms with Gasteiger partial charge in [-0.2, -0.15) is 0 Å². The van der Waals surface area contributed by atoms with Gasteiger partial charge in [-0.3, -0.25) is 9.69 Å². The highest BCUT2D eigenvalue weighted by molar-refractivity contribution is 9.10. The Labute approximate surface area is 166 Å². The monoisotopic (exact) mass is 431 g/mol. The number of carbonyl (C=O) groups is 1. The maximum absolute atomic E-state index is 13.1. The Morgan fingerprint density at radius 3 is 2.50 bits per heavy atom. The molecule has 26 heavy (non-hydrogen) atoms. The Hall–Kier alpha value is -1.76. The van der Waals surface area contributed by atoms with E-state index in [1.807, 2.05) is 53.4 Å². The molecule has 0 unspecified atom stereocenters. The van der Waals surface area contributed by atoms with Crippen molar-refractivity contribution in [2.24, 2.45) is 0 Å². The van der Waals surface area contributed by atoms with E-state index in [-0.39, 0.29) is 5.91 Å². The Balaban J connectivity index is 1.94. The topological polar surface area (TPSA) is 36.4 Å². The number of hydrogen-bond donors (Lipinski definition) is 0. The summed E-state index contributed by atoms with van der Waals surface area (Å²) in [7, 11) is 0. The van der Waals surface area contributed by atoms with Crippen LogP contribution in [0.3, 0.4) is 0 Å². The average molecular weight is 432 g/mol. The minimum Gasteiger partial charge on any atom is -0.302 e. The molecule has 0 N–H and O–H groups in total. The van der Waals surface area contributed by atoms with Crippen molar-refractivity contribution in [3.63, 3.8) is 0 Å². The van der Waals surface area contributed by atoms with E-state index >= 15 is 0 Å². The predicted octanol–water partition coefficient (Wildman–Crippen LogP) is 5.05. The van der Waals surface area contributed by atoms with Gasteiger partial charge in [0.05, 0.1) is 10.2 Å². The number of thiazole rings is 1. The minimum absolute atomic E-state index is 0.00382. The first-order valence-electron chi connectivity index (χ1n) is 8.77. The number of rotatable bonds is 7. The van der Waals surface area contributed by atoms with Crippen molar-refractivity contribution in [2.45, 2.75) is 13.8 Å². The number of nitrogens with zero attached hydrogens (tertiary/aromatic N) is 3. The first-order chi connectivity index (χ1) is 12.6. The summed E-state index contributed by atoms with van der Waals surface area (Å²) in [6.45, 7) is 7.67. The van der Waals surface area contributed by atoms with Gasteiger partial charge in [-0.25, -0.2) is 4.98 Å². The fourth-order valence-corrected chi connectivity index (χ4v) is 4.35. The van der Waals surface area contributed by atoms with E-state index in [4.69, 9.17) is 4.98 Å². The van der Waals surface area contributed by atoms with Crippen molar-refractivity contribution >= 4 is 48.5 Å². The van der Waals surface area contributed by atoms with Gasteiger partial charge in [0.25, 0.3) is 5.91 Å². The maximum atomic E-state index is 13.1. The fraction of sp³-hybridized carbons (Fsp3) is 0.300. The lowest BCUT2D eigenvalue weighted by Crippen LogP contribution is -2.38. The molecule has 0 radical (unpaired) electrons. The zero-order valence-corrected chi connectivity index (χ0v) is 17.4. The summed E-state index contributed by atoms with van der Waals surface area (Å²) in [4.78, 5) is 22.0. The summed E-state index contributed by atoms with van der Waals surface area (Å²) < 4.78 is 2.09. The molecule has 0 aliphatic rings. The summed E-state index contributed by atoms with van der Waals surface area (Å²) in [5, 5.41) is 0.749. The summed E-state index contributed by atoms with van der Waals surface area (Å²) in [6.07, 6.45) is 0. The Morgan fingerprint density at radius 1 is 1.08 bits per heavy atom. The molecular formula is C20H22BrN3OS. The summed E-state index contributed by atoms with van der Waals surface area (Å²) in [6, 6.07) is 15.4. The van der Waals surface area contributed by atoms with E-state index in [0.29, 0.717) is 12.1 Å². The van der Waals surface area contributed by atoms with Crippen LogP contribution in [0.2, 0.25) is 0 Å². The molecule has 0 atom stereocenters. The number of aromatic nitrogens is 1. The van der Waals surface area contributed by atoms with E-state index in [1.165, 1.54) is 0 Å². The van der Waals surface area contributed by atoms with Crippen LogP contribution in [0.4, 0.5) is 5.13 Å². The second kappa shape index (κ2) is 8.75. The van der Waals surface area contributed by atoms with Crippen molar-refractivity contribution in [2.75, 3.05) is 31.1 Å². The largest absolute Gasteiger partial charge is 0.302 e. The van der Waals surface area contributed by atoms with E-state index in [9.17, 15) is 4.79 Å². The molecule has 0 aliphatic carbocycles. The highest BCUT2D eigenvalue weighted by atomic mass is 79.9. The van der Waals surface area contributed by atoms with Crippen molar-refractivity contribution in [1.82, 2.24) is 9.88 Å². The van der Waals surface area contributed by atoms with E-state index in [2.05, 4.69) is 34.7 Å². The molecule has 0 saturated heterocycles. The van der Waals surface area contributed by atoms with Gasteiger partial charge < -0.3 is 4.90 Å². The highest BCUT2D eigenvalue weighted by Gasteiger charge is 2.21. The SMILES string of the molecule is CCN(CC)CCN(C(=O)c1ccccc1)c1nc2ccc(Br)cc2s1. The van der Waals surface area contributed by atoms with Gasteiger partial charge in [-0.05, 0) is 43.4 Å². The molecule has 0 bridgehead atoms. The number of anilines is 1. The van der Waals surface area contributed by atoms with E-state index in [0.717, 1.165) is 39.5 Å². The van der Waals surface area contributed by atoms with Crippen molar-refractivity contribution in [3.05, 3.63) is 58.6 Å². The van der Waals surface area contributed by atoms with Gasteiger partial charge in [-0.15, -0.1) is 0 Å². The number of halogens is 1. The molecule has 4 nitrogen and oxygen atoms in total. The lowest BCUT2D eigenvalue weighted by Gasteiger charge is -2.24. The zero-order chi connectivity index (χ0) is 18.5. The number of likely N-dealkylation sites (N-methyl/N-ethyl adjacent to an activating group) is 1. The minimum atomic E-state index is -0.00382. The number of amides is 1. The molecule has 0 aliphatic heterocycles. The summed E-state index contributed by atoms with van der Waals surface area (Å²) in [5.74, 6) is -0.00382. The third-order valence-electron chi connectivity index (χ3n) is 4.37. The van der Waals surface area contributed by atoms with Gasteiger partial charge in [0.2, 0.25) is 0 Å². The number of benzene rings is 2. The van der Waals surface area contributed by atoms with Crippen molar-refractivity contribution in [1.29, 1.82) is 0 Å². The molecule has 3 aromatic rings. The van der Waals surface area contributed by atoms with Crippen LogP contribution < -0.4 is 4.90 Å². The molecule has 6 heteroatoms. The highest BCUT2D eigenvalue weighted by Crippen LogP contribution is 2.31. The third kappa shape index (κ3) is 4.31. The zero-order valence-electron chi connectivity index (χ0n) is 15.0. The van der Waals surface area contributed by atoms with Crippen molar-refractivity contribution in [3.8, 4) is 0 Å². The summed E-state index contributed by atoms with van der Waals surface area (Å²) >= 11 is 5.06. The second-order valence-electron chi connectivity index (χ2n) is 5.96. The molecule has 1 aromatic heterocycles. The van der Waals surface area contributed by atoms with E-state index < -0.39 is 0 Å². The Morgan fingerprint density at radius 2 is 1.81 bits per heavy atom. The molecular weight excluding hydrogens is 410 g/mol. The fourth-order valence-electron chi connectivity index (χ4n) is 2.80. The van der Waals surface area contributed by atoms with Crippen molar-refractivity contribution < 1.29 is 4.79 Å². The van der Waals surface area contributed by atoms with Gasteiger partial charge in [0, 0.05) is 23.1 Å². The predicted molar refractivity (Wildman–Crippen MR) is 113 cm³/mol. The van der Waals surface area contributed by atoms with Gasteiger partial charge in [-0.1, -0.05) is 59.3 Å². The molecule has 3 rings (SSSR count). The van der Waals surface area contributed by atoms with Crippen LogP contribution in [-0.4, -0.2) is 42.0 Å². The Bertz CT molecular complexity index is 877. The smallest absolute Gasteiger partial charge is 0.260 e. The summed E-state index contributed by atoms with van der Waals surface area (Å²) in [5.41, 5.74) is 1.61. The lowest BCUT2D eigenvalue weighted by molar-refractivity contribution is 0.0984. The average Bonchev–Trinajstić information content (AvgIpc) is 3.08. The normalized spacial score (nSPS) is 11.2. The molecule has 0 spiro atoms. The number of hydrogen-bond acceptors (Lipinski definition) is 4. The second-order valence-corrected chi connectivity index (χ2v) is 7.88. The van der Waals surface area contributed by atoms with Crippen LogP contribution in [0, 0.1) is 0 Å². The standard InChI is InChI=1S/C20H22BrN3OS/c1-3-23(4-2)12-13-24(19(25)15-8-6-5-7-9-15)20-22-17-11-10-16(21)14-18(17)26-20/h5-11,14H,3-4,12-13H2,1-2H3. The van der Waals surface area contributed by atoms with Crippen LogP contribution >= 0.6 is 27.3 Å². The van der Waals surface area contributed by atoms with Gasteiger partial charge >= 0.3 is 0 Å². The molecule has 1 heterocycles. The number of carbonyl (C=O) groups excluding carboxylic acids is 1. The van der Waals surface area contributed by atoms with Crippen LogP contribution in [0.1, 0.15) is 24.2 Å². The van der Waals surface area contributed by atoms with Crippen LogP contribution in [0.15, 0.2) is 53.0 Å². The molecule has 136 valence electrons. The van der Waals surface area contributed by atoms with Crippen LogP contribution in [0.25, 0.3) is 10.2 Å². The first kappa shape index (κ1) is 19.0. The van der Waals surface area contributed by atoms with E-state index in [1.54, 1.807) is 11.3 Å². The van der Waals surface area contributed by atoms with Gasteiger partial charge in [0.15, 0.2) is 5.13 Å². The molecule has 2 aromatic carbocycles. The molecule has 1 amide bonds. The van der Waals surface area contributed by atoms with Crippen LogP contribution in [0.5, 0.6) is 0 Å². The molecule has 0 saturated carbocycles. The lowest BCUT2D eigenvalue weighted by atomic mass is 10.2. The number of fused-ring (bicyclic) bond motifs is 1. The van der Waals surface area contributed by atoms with Gasteiger partial charge in [0.1, 0.15) is 0 Å². The first-order valence-corrected chi connectivity index (χ1v) is 10.4. The molecule has 0 fully saturated rings. The Kier molecular flexibility index (Phi) is 6.40. The third-order valence-corrected chi connectivity index (χ3v) is 5.90. The van der Waals surface area contributed by atoms with Crippen LogP contribution in [-0.2, 0) is 0 Å². The maximum Gasteiger partial charge on any atom is 0.260 e.